The van der Waals surface area contributed by atoms with Gasteiger partial charge in [-0.05, 0) is 86.0 Å². The molecule has 6 rings (SSSR count). The van der Waals surface area contributed by atoms with Gasteiger partial charge >= 0.3 is 5.97 Å². The third-order valence-electron chi connectivity index (χ3n) is 13.1. The van der Waals surface area contributed by atoms with Crippen molar-refractivity contribution in [1.29, 1.82) is 5.26 Å². The van der Waals surface area contributed by atoms with Gasteiger partial charge in [0.25, 0.3) is 0 Å². The van der Waals surface area contributed by atoms with E-state index in [2.05, 4.69) is 50.9 Å². The van der Waals surface area contributed by atoms with Gasteiger partial charge in [0.15, 0.2) is 11.6 Å². The lowest BCUT2D eigenvalue weighted by Crippen LogP contribution is -2.66. The quantitative estimate of drug-likeness (QED) is 0.395. The second-order valence-electron chi connectivity index (χ2n) is 15.5. The molecule has 8 heteroatoms. The Bertz CT molecular complexity index is 1510. The molecule has 3 saturated carbocycles. The number of aromatic nitrogens is 2. The second kappa shape index (κ2) is 8.74. The lowest BCUT2D eigenvalue weighted by atomic mass is 9.34. The summed E-state index contributed by atoms with van der Waals surface area (Å²) in [6, 6.07) is 2.16. The molecule has 0 radical (unpaired) electrons. The number of Topliss-reactive ketones (excluding diaryl/α,β-unsaturated/α-hetero) is 1. The predicted molar refractivity (Wildman–Crippen MR) is 154 cm³/mol. The van der Waals surface area contributed by atoms with E-state index in [1.807, 2.05) is 19.1 Å². The first-order valence-electron chi connectivity index (χ1n) is 15.4. The summed E-state index contributed by atoms with van der Waals surface area (Å²) in [7, 11) is 1.47. The zero-order valence-electron chi connectivity index (χ0n) is 26.2. The molecule has 5 aliphatic carbocycles. The summed E-state index contributed by atoms with van der Waals surface area (Å²) < 4.78 is 11.3. The fraction of sp³-hybridized carbons (Fsp3) is 0.706. The highest BCUT2D eigenvalue weighted by molar-refractivity contribution is 6.07. The molecule has 8 atom stereocenters. The van der Waals surface area contributed by atoms with E-state index in [0.717, 1.165) is 37.7 Å². The van der Waals surface area contributed by atoms with Crippen molar-refractivity contribution < 1.29 is 23.5 Å². The Morgan fingerprint density at radius 3 is 2.36 bits per heavy atom. The van der Waals surface area contributed by atoms with E-state index in [4.69, 9.17) is 9.15 Å². The van der Waals surface area contributed by atoms with E-state index in [-0.39, 0.29) is 57.6 Å². The predicted octanol–water partition coefficient (Wildman–Crippen LogP) is 6.00. The van der Waals surface area contributed by atoms with Gasteiger partial charge in [-0.3, -0.25) is 14.4 Å². The summed E-state index contributed by atoms with van der Waals surface area (Å²) in [6.07, 6.45) is 9.02. The molecule has 0 amide bonds. The normalized spacial score (nSPS) is 43.9. The monoisotopic (exact) mass is 573 g/mol. The van der Waals surface area contributed by atoms with Gasteiger partial charge in [-0.15, -0.1) is 10.2 Å². The van der Waals surface area contributed by atoms with Gasteiger partial charge in [0, 0.05) is 18.3 Å². The summed E-state index contributed by atoms with van der Waals surface area (Å²) in [5.74, 6) is -0.526. The first-order valence-corrected chi connectivity index (χ1v) is 15.4. The lowest BCUT2D eigenvalue weighted by molar-refractivity contribution is -0.190. The number of nitriles is 1. The Morgan fingerprint density at radius 2 is 1.74 bits per heavy atom. The van der Waals surface area contributed by atoms with Crippen LogP contribution < -0.4 is 0 Å². The minimum absolute atomic E-state index is 0.0213. The van der Waals surface area contributed by atoms with Crippen LogP contribution in [-0.2, 0) is 24.5 Å². The van der Waals surface area contributed by atoms with Crippen molar-refractivity contribution >= 4 is 17.5 Å². The molecule has 0 N–H and O–H groups in total. The van der Waals surface area contributed by atoms with Crippen LogP contribution in [0.3, 0.4) is 0 Å². The molecule has 0 aliphatic heterocycles. The van der Waals surface area contributed by atoms with Crippen LogP contribution in [0, 0.1) is 63.1 Å². The molecule has 1 heterocycles. The average molecular weight is 574 g/mol. The molecule has 1 aromatic heterocycles. The fourth-order valence-electron chi connectivity index (χ4n) is 10.7. The number of ketones is 2. The van der Waals surface area contributed by atoms with Gasteiger partial charge in [0.05, 0.1) is 18.1 Å². The van der Waals surface area contributed by atoms with Crippen LogP contribution >= 0.6 is 0 Å². The lowest BCUT2D eigenvalue weighted by Gasteiger charge is -2.68. The van der Waals surface area contributed by atoms with Crippen molar-refractivity contribution in [2.75, 3.05) is 7.11 Å². The highest BCUT2D eigenvalue weighted by atomic mass is 16.5. The Morgan fingerprint density at radius 1 is 1.05 bits per heavy atom. The van der Waals surface area contributed by atoms with E-state index < -0.39 is 21.7 Å². The van der Waals surface area contributed by atoms with Gasteiger partial charge in [-0.25, -0.2) is 0 Å². The smallest absolute Gasteiger partial charge is 0.312 e. The van der Waals surface area contributed by atoms with E-state index >= 15 is 0 Å². The maximum Gasteiger partial charge on any atom is 0.312 e. The molecule has 5 aliphatic rings. The molecule has 0 spiro atoms. The van der Waals surface area contributed by atoms with Crippen molar-refractivity contribution in [2.45, 2.75) is 98.8 Å². The molecule has 42 heavy (non-hydrogen) atoms. The second-order valence-corrected chi connectivity index (χ2v) is 15.5. The van der Waals surface area contributed by atoms with E-state index in [9.17, 15) is 19.6 Å². The van der Waals surface area contributed by atoms with Crippen LogP contribution in [0.15, 0.2) is 27.7 Å². The molecule has 0 saturated heterocycles. The molecule has 8 nitrogen and oxygen atoms in total. The molecule has 0 aromatic carbocycles. The largest absolute Gasteiger partial charge is 0.469 e. The minimum atomic E-state index is -1.20. The van der Waals surface area contributed by atoms with Crippen LogP contribution in [0.25, 0.3) is 0 Å². The summed E-state index contributed by atoms with van der Waals surface area (Å²) in [5, 5.41) is 18.5. The number of nitrogens with zero attached hydrogens (tertiary/aromatic N) is 3. The topological polar surface area (TPSA) is 123 Å². The zero-order valence-corrected chi connectivity index (χ0v) is 26.2. The van der Waals surface area contributed by atoms with Crippen molar-refractivity contribution in [3.05, 3.63) is 35.1 Å². The summed E-state index contributed by atoms with van der Waals surface area (Å²) in [5.41, 5.74) is -2.31. The summed E-state index contributed by atoms with van der Waals surface area (Å²) in [4.78, 5) is 42.0. The van der Waals surface area contributed by atoms with Crippen LogP contribution in [0.1, 0.15) is 98.3 Å². The van der Waals surface area contributed by atoms with E-state index in [1.165, 1.54) is 7.11 Å². The van der Waals surface area contributed by atoms with Crippen LogP contribution in [0.5, 0.6) is 0 Å². The van der Waals surface area contributed by atoms with Crippen molar-refractivity contribution in [1.82, 2.24) is 10.2 Å². The van der Waals surface area contributed by atoms with Crippen LogP contribution in [0.2, 0.25) is 0 Å². The fourth-order valence-corrected chi connectivity index (χ4v) is 10.7. The standard InChI is InChI=1S/C34H43N3O5/c1-19-36-37-27(42-19)33(7)23-9-10-31(5)24(30(23,4)16-20(18-35)26(33)39)15-22(38)25-21-17-29(2,3)11-13-34(21,28(40)41-8)14-12-32(25,31)6/h15-16,21,23,25H,9-14,17H2,1-8H3/t21-,23?,25-,30-,31+,32+,33-,34-/m0/s1. The molecular formula is C34H43N3O5. The number of fused-ring (bicyclic) bond motifs is 7. The Hall–Kier alpha value is -3.08. The van der Waals surface area contributed by atoms with Gasteiger partial charge in [0.2, 0.25) is 11.8 Å². The minimum Gasteiger partial charge on any atom is -0.469 e. The number of carbonyl (C=O) groups excluding carboxylic acids is 3. The summed E-state index contributed by atoms with van der Waals surface area (Å²) in [6.45, 7) is 14.6. The molecule has 3 fully saturated rings. The Kier molecular flexibility index (Phi) is 6.03. The number of esters is 1. The van der Waals surface area contributed by atoms with Gasteiger partial charge < -0.3 is 9.15 Å². The molecule has 224 valence electrons. The van der Waals surface area contributed by atoms with Gasteiger partial charge in [-0.1, -0.05) is 46.3 Å². The van der Waals surface area contributed by atoms with Gasteiger partial charge in [-0.2, -0.15) is 5.26 Å². The number of aryl methyl sites for hydroxylation is 1. The third kappa shape index (κ3) is 3.37. The summed E-state index contributed by atoms with van der Waals surface area (Å²) >= 11 is 0. The van der Waals surface area contributed by atoms with E-state index in [0.29, 0.717) is 18.7 Å². The van der Waals surface area contributed by atoms with Gasteiger partial charge in [0.1, 0.15) is 11.5 Å². The number of hydrogen-bond donors (Lipinski definition) is 0. The molecule has 1 aromatic rings. The molecular weight excluding hydrogens is 530 g/mol. The number of ether oxygens (including phenoxy) is 1. The number of allylic oxidation sites excluding steroid dienone is 4. The van der Waals surface area contributed by atoms with E-state index in [1.54, 1.807) is 6.92 Å². The first-order chi connectivity index (χ1) is 19.5. The van der Waals surface area contributed by atoms with Crippen molar-refractivity contribution in [2.24, 2.45) is 44.8 Å². The zero-order chi connectivity index (χ0) is 30.7. The average Bonchev–Trinajstić information content (AvgIpc) is 3.38. The highest BCUT2D eigenvalue weighted by Crippen LogP contribution is 2.74. The number of rotatable bonds is 2. The first kappa shape index (κ1) is 29.0. The SMILES string of the molecule is COC(=O)[C@]12CCC(C)(C)C[C@H]1[C@H]1C(=O)C=C3[C@@]4(C)C=C(C#N)C(=O)[C@@](C)(c5nnc(C)o5)C4CC[C@@]3(C)[C@]1(C)CC2. The Labute approximate surface area is 248 Å². The maximum absolute atomic E-state index is 14.6. The third-order valence-corrected chi connectivity index (χ3v) is 13.1. The molecule has 0 bridgehead atoms. The van der Waals surface area contributed by atoms with Crippen molar-refractivity contribution in [3.8, 4) is 6.07 Å². The number of methoxy groups -OCH3 is 1. The van der Waals surface area contributed by atoms with Crippen LogP contribution in [0.4, 0.5) is 0 Å². The molecule has 1 unspecified atom stereocenters. The highest BCUT2D eigenvalue weighted by Gasteiger charge is 2.72. The maximum atomic E-state index is 14.6. The number of carbonyl (C=O) groups is 3. The van der Waals surface area contributed by atoms with Crippen molar-refractivity contribution in [3.63, 3.8) is 0 Å². The Balaban J connectivity index is 1.54. The number of hydrogen-bond acceptors (Lipinski definition) is 8. The van der Waals surface area contributed by atoms with Crippen LogP contribution in [-0.4, -0.2) is 34.8 Å².